The lowest BCUT2D eigenvalue weighted by Gasteiger charge is -2.17. The fraction of sp³-hybridized carbons (Fsp3) is 0.200. The first kappa shape index (κ1) is 21.9. The second-order valence-corrected chi connectivity index (χ2v) is 6.86. The summed E-state index contributed by atoms with van der Waals surface area (Å²) in [7, 11) is 4.54. The van der Waals surface area contributed by atoms with Gasteiger partial charge < -0.3 is 18.9 Å². The second kappa shape index (κ2) is 10.3. The van der Waals surface area contributed by atoms with Crippen LogP contribution in [-0.2, 0) is 16.0 Å². The van der Waals surface area contributed by atoms with Crippen LogP contribution in [0.15, 0.2) is 66.7 Å². The molecule has 1 atom stereocenters. The highest BCUT2D eigenvalue weighted by Gasteiger charge is 2.23. The molecule has 0 fully saturated rings. The van der Waals surface area contributed by atoms with Gasteiger partial charge in [-0.1, -0.05) is 12.1 Å². The number of benzene rings is 3. The van der Waals surface area contributed by atoms with Gasteiger partial charge >= 0.3 is 5.97 Å². The molecule has 0 aliphatic heterocycles. The smallest absolute Gasteiger partial charge is 0.313 e. The van der Waals surface area contributed by atoms with Crippen molar-refractivity contribution in [3.8, 4) is 23.0 Å². The zero-order chi connectivity index (χ0) is 22.2. The summed E-state index contributed by atoms with van der Waals surface area (Å²) in [6, 6.07) is 19.6. The van der Waals surface area contributed by atoms with Crippen LogP contribution in [0.3, 0.4) is 0 Å². The largest absolute Gasteiger partial charge is 0.497 e. The zero-order valence-corrected chi connectivity index (χ0v) is 17.7. The van der Waals surface area contributed by atoms with Crippen LogP contribution in [0.1, 0.15) is 27.4 Å². The van der Waals surface area contributed by atoms with E-state index in [1.807, 2.05) is 30.3 Å². The van der Waals surface area contributed by atoms with E-state index >= 15 is 0 Å². The summed E-state index contributed by atoms with van der Waals surface area (Å²) in [6.45, 7) is 0. The van der Waals surface area contributed by atoms with Gasteiger partial charge in [0.05, 0.1) is 27.2 Å². The minimum absolute atomic E-state index is 0.353. The third-order valence-corrected chi connectivity index (χ3v) is 4.85. The van der Waals surface area contributed by atoms with E-state index in [-0.39, 0.29) is 5.97 Å². The maximum absolute atomic E-state index is 12.6. The molecule has 0 saturated carbocycles. The Kier molecular flexibility index (Phi) is 7.27. The third kappa shape index (κ3) is 5.63. The molecule has 0 radical (unpaired) electrons. The molecule has 0 aliphatic rings. The van der Waals surface area contributed by atoms with E-state index in [1.165, 1.54) is 7.11 Å². The second-order valence-electron chi connectivity index (χ2n) is 6.86. The number of esters is 1. The number of hydrogen-bond acceptors (Lipinski definition) is 6. The molecule has 0 saturated heterocycles. The van der Waals surface area contributed by atoms with Crippen LogP contribution >= 0.6 is 0 Å². The molecule has 3 aromatic carbocycles. The molecule has 0 aromatic heterocycles. The van der Waals surface area contributed by atoms with Crippen LogP contribution in [0.25, 0.3) is 0 Å². The molecule has 0 N–H and O–H groups in total. The molecule has 0 heterocycles. The van der Waals surface area contributed by atoms with Gasteiger partial charge in [-0.25, -0.2) is 0 Å². The number of ether oxygens (including phenoxy) is 4. The number of carbonyl (C=O) groups is 2. The van der Waals surface area contributed by atoms with E-state index in [0.29, 0.717) is 35.0 Å². The Morgan fingerprint density at radius 2 is 1.52 bits per heavy atom. The molecule has 0 spiro atoms. The Bertz CT molecular complexity index is 1020. The van der Waals surface area contributed by atoms with Crippen LogP contribution in [0.5, 0.6) is 23.0 Å². The molecule has 0 amide bonds. The van der Waals surface area contributed by atoms with Crippen molar-refractivity contribution in [1.29, 1.82) is 0 Å². The lowest BCUT2D eigenvalue weighted by molar-refractivity contribution is -0.142. The number of hydrogen-bond donors (Lipinski definition) is 0. The number of methoxy groups -OCH3 is 3. The van der Waals surface area contributed by atoms with Crippen molar-refractivity contribution in [2.24, 2.45) is 0 Å². The van der Waals surface area contributed by atoms with E-state index in [4.69, 9.17) is 18.9 Å². The normalized spacial score (nSPS) is 11.3. The van der Waals surface area contributed by atoms with Crippen molar-refractivity contribution in [1.82, 2.24) is 0 Å². The first-order chi connectivity index (χ1) is 15.1. The van der Waals surface area contributed by atoms with Crippen molar-refractivity contribution in [3.05, 3.63) is 83.4 Å². The van der Waals surface area contributed by atoms with Gasteiger partial charge in [0.15, 0.2) is 0 Å². The molecule has 31 heavy (non-hydrogen) atoms. The molecule has 160 valence electrons. The average molecular weight is 420 g/mol. The molecule has 3 aromatic rings. The SMILES string of the molecule is COC(=O)C(Cc1cc(OC)cc(OC)c1)c1cccc(Oc2ccc(C=O)cc2)c1. The molecule has 0 aliphatic carbocycles. The van der Waals surface area contributed by atoms with Crippen molar-refractivity contribution >= 4 is 12.3 Å². The van der Waals surface area contributed by atoms with Gasteiger partial charge in [-0.3, -0.25) is 9.59 Å². The monoisotopic (exact) mass is 420 g/mol. The highest BCUT2D eigenvalue weighted by Crippen LogP contribution is 2.31. The fourth-order valence-corrected chi connectivity index (χ4v) is 3.24. The average Bonchev–Trinajstić information content (AvgIpc) is 2.82. The minimum Gasteiger partial charge on any atom is -0.497 e. The number of rotatable bonds is 9. The number of aldehydes is 1. The highest BCUT2D eigenvalue weighted by atomic mass is 16.5. The molecular weight excluding hydrogens is 396 g/mol. The van der Waals surface area contributed by atoms with E-state index in [1.54, 1.807) is 50.6 Å². The Balaban J connectivity index is 1.88. The summed E-state index contributed by atoms with van der Waals surface area (Å²) in [5.41, 5.74) is 2.21. The first-order valence-corrected chi connectivity index (χ1v) is 9.69. The molecule has 6 nitrogen and oxygen atoms in total. The highest BCUT2D eigenvalue weighted by molar-refractivity contribution is 5.78. The number of carbonyl (C=O) groups excluding carboxylic acids is 2. The molecular formula is C25H24O6. The topological polar surface area (TPSA) is 71.1 Å². The van der Waals surface area contributed by atoms with E-state index in [0.717, 1.165) is 17.4 Å². The summed E-state index contributed by atoms with van der Waals surface area (Å²) in [6.07, 6.45) is 1.18. The Hall–Kier alpha value is -3.80. The van der Waals surface area contributed by atoms with Gasteiger partial charge in [-0.2, -0.15) is 0 Å². The van der Waals surface area contributed by atoms with Crippen LogP contribution in [-0.4, -0.2) is 33.6 Å². The van der Waals surface area contributed by atoms with Gasteiger partial charge in [0.25, 0.3) is 0 Å². The summed E-state index contributed by atoms with van der Waals surface area (Å²) in [5, 5.41) is 0. The van der Waals surface area contributed by atoms with Crippen LogP contribution in [0, 0.1) is 0 Å². The molecule has 0 bridgehead atoms. The van der Waals surface area contributed by atoms with Gasteiger partial charge in [0.1, 0.15) is 29.3 Å². The van der Waals surface area contributed by atoms with Crippen molar-refractivity contribution in [3.63, 3.8) is 0 Å². The van der Waals surface area contributed by atoms with Gasteiger partial charge in [0, 0.05) is 11.6 Å². The summed E-state index contributed by atoms with van der Waals surface area (Å²) < 4.78 is 21.6. The van der Waals surface area contributed by atoms with E-state index < -0.39 is 5.92 Å². The summed E-state index contributed by atoms with van der Waals surface area (Å²) in [5.74, 6) is 1.57. The van der Waals surface area contributed by atoms with Crippen molar-refractivity contribution < 1.29 is 28.5 Å². The maximum atomic E-state index is 12.6. The standard InChI is InChI=1S/C25H24O6/c1-28-22-11-18(12-23(15-22)29-2)13-24(25(27)30-3)19-5-4-6-21(14-19)31-20-9-7-17(16-26)8-10-20/h4-12,14-16,24H,13H2,1-3H3. The van der Waals surface area contributed by atoms with Crippen molar-refractivity contribution in [2.75, 3.05) is 21.3 Å². The minimum atomic E-state index is -0.539. The Morgan fingerprint density at radius 1 is 0.839 bits per heavy atom. The fourth-order valence-electron chi connectivity index (χ4n) is 3.24. The van der Waals surface area contributed by atoms with E-state index in [9.17, 15) is 9.59 Å². The molecule has 6 heteroatoms. The van der Waals surface area contributed by atoms with Crippen LogP contribution < -0.4 is 14.2 Å². The Labute approximate surface area is 181 Å². The van der Waals surface area contributed by atoms with Crippen LogP contribution in [0.2, 0.25) is 0 Å². The zero-order valence-electron chi connectivity index (χ0n) is 17.7. The Morgan fingerprint density at radius 3 is 2.10 bits per heavy atom. The summed E-state index contributed by atoms with van der Waals surface area (Å²) >= 11 is 0. The van der Waals surface area contributed by atoms with Gasteiger partial charge in [-0.05, 0) is 66.1 Å². The third-order valence-electron chi connectivity index (χ3n) is 4.85. The lowest BCUT2D eigenvalue weighted by Crippen LogP contribution is -2.17. The van der Waals surface area contributed by atoms with E-state index in [2.05, 4.69) is 0 Å². The van der Waals surface area contributed by atoms with Gasteiger partial charge in [-0.15, -0.1) is 0 Å². The predicted molar refractivity (Wildman–Crippen MR) is 116 cm³/mol. The van der Waals surface area contributed by atoms with Crippen LogP contribution in [0.4, 0.5) is 0 Å². The lowest BCUT2D eigenvalue weighted by atomic mass is 9.91. The maximum Gasteiger partial charge on any atom is 0.313 e. The summed E-state index contributed by atoms with van der Waals surface area (Å²) in [4.78, 5) is 23.4. The van der Waals surface area contributed by atoms with Gasteiger partial charge in [0.2, 0.25) is 0 Å². The first-order valence-electron chi connectivity index (χ1n) is 9.69. The molecule has 1 unspecified atom stereocenters. The molecule has 3 rings (SSSR count). The quantitative estimate of drug-likeness (QED) is 0.366. The predicted octanol–water partition coefficient (Wildman–Crippen LogP) is 4.81. The van der Waals surface area contributed by atoms with Crippen molar-refractivity contribution in [2.45, 2.75) is 12.3 Å².